The second kappa shape index (κ2) is 7.63. The van der Waals surface area contributed by atoms with E-state index in [-0.39, 0.29) is 36.8 Å². The highest BCUT2D eigenvalue weighted by Crippen LogP contribution is 2.40. The van der Waals surface area contributed by atoms with E-state index >= 15 is 0 Å². The Labute approximate surface area is 199 Å². The molecule has 1 atom stereocenters. The first-order valence-corrected chi connectivity index (χ1v) is 11.1. The molecule has 0 saturated carbocycles. The number of nitrogens with one attached hydrogen (secondary N) is 1. The van der Waals surface area contributed by atoms with Crippen LogP contribution in [0.3, 0.4) is 0 Å². The summed E-state index contributed by atoms with van der Waals surface area (Å²) < 4.78 is 26.0. The van der Waals surface area contributed by atoms with Crippen LogP contribution < -0.4 is 10.1 Å². The number of furan rings is 1. The van der Waals surface area contributed by atoms with Gasteiger partial charge in [0.05, 0.1) is 20.1 Å². The summed E-state index contributed by atoms with van der Waals surface area (Å²) in [6.45, 7) is 0.716. The van der Waals surface area contributed by atoms with Gasteiger partial charge in [-0.05, 0) is 29.8 Å². The number of ether oxygens (including phenoxy) is 1. The Kier molecular flexibility index (Phi) is 4.64. The van der Waals surface area contributed by atoms with E-state index in [4.69, 9.17) is 9.15 Å². The lowest BCUT2D eigenvalue weighted by Crippen LogP contribution is -2.46. The van der Waals surface area contributed by atoms with E-state index in [9.17, 15) is 18.8 Å². The molecule has 9 heteroatoms. The van der Waals surface area contributed by atoms with Gasteiger partial charge in [0.2, 0.25) is 11.8 Å². The molecule has 3 aliphatic rings. The van der Waals surface area contributed by atoms with Crippen LogP contribution >= 0.6 is 0 Å². The minimum atomic E-state index is -1.43. The number of carbonyl (C=O) groups excluding carboxylic acids is 3. The number of allylic oxidation sites excluding steroid dienone is 1. The summed E-state index contributed by atoms with van der Waals surface area (Å²) in [5.41, 5.74) is 1.18. The fraction of sp³-hybridized carbons (Fsp3) is 0.231. The molecule has 35 heavy (non-hydrogen) atoms. The number of carbonyl (C=O) groups is 3. The van der Waals surface area contributed by atoms with E-state index in [0.717, 1.165) is 5.56 Å². The third-order valence-electron chi connectivity index (χ3n) is 6.84. The molecule has 4 heterocycles. The number of hydrogen-bond donors (Lipinski definition) is 1. The molecule has 176 valence electrons. The number of nitrogens with zero attached hydrogens (tertiary/aromatic N) is 2. The Morgan fingerprint density at radius 2 is 2.03 bits per heavy atom. The monoisotopic (exact) mass is 473 g/mol. The average Bonchev–Trinajstić information content (AvgIpc) is 3.61. The molecule has 0 unspecified atom stereocenters. The molecule has 8 nitrogen and oxygen atoms in total. The van der Waals surface area contributed by atoms with Gasteiger partial charge in [0, 0.05) is 47.5 Å². The fourth-order valence-corrected chi connectivity index (χ4v) is 5.02. The Morgan fingerprint density at radius 1 is 1.17 bits per heavy atom. The van der Waals surface area contributed by atoms with Crippen molar-refractivity contribution in [3.8, 4) is 5.75 Å². The second-order valence-electron chi connectivity index (χ2n) is 8.95. The van der Waals surface area contributed by atoms with Gasteiger partial charge < -0.3 is 14.1 Å². The van der Waals surface area contributed by atoms with Crippen molar-refractivity contribution in [3.63, 3.8) is 0 Å². The van der Waals surface area contributed by atoms with Gasteiger partial charge in [-0.15, -0.1) is 0 Å². The summed E-state index contributed by atoms with van der Waals surface area (Å²) in [6, 6.07) is 9.81. The van der Waals surface area contributed by atoms with Crippen LogP contribution in [0.4, 0.5) is 4.39 Å². The van der Waals surface area contributed by atoms with Crippen LogP contribution in [0.2, 0.25) is 0 Å². The van der Waals surface area contributed by atoms with Crippen molar-refractivity contribution in [1.82, 2.24) is 10.2 Å². The van der Waals surface area contributed by atoms with Crippen LogP contribution in [0.25, 0.3) is 16.5 Å². The van der Waals surface area contributed by atoms with E-state index in [1.54, 1.807) is 30.5 Å². The predicted molar refractivity (Wildman–Crippen MR) is 125 cm³/mol. The number of rotatable bonds is 5. The Bertz CT molecular complexity index is 1500. The maximum Gasteiger partial charge on any atom is 0.254 e. The summed E-state index contributed by atoms with van der Waals surface area (Å²) in [7, 11) is 1.52. The van der Waals surface area contributed by atoms with Crippen LogP contribution in [-0.2, 0) is 21.5 Å². The number of methoxy groups -OCH3 is 1. The molecule has 1 aromatic heterocycles. The molecule has 2 aromatic carbocycles. The van der Waals surface area contributed by atoms with Crippen molar-refractivity contribution in [2.75, 3.05) is 20.2 Å². The zero-order chi connectivity index (χ0) is 24.3. The van der Waals surface area contributed by atoms with Crippen molar-refractivity contribution >= 4 is 40.5 Å². The largest absolute Gasteiger partial charge is 0.497 e. The Morgan fingerprint density at radius 3 is 2.74 bits per heavy atom. The highest BCUT2D eigenvalue weighted by atomic mass is 19.1. The number of halogens is 1. The van der Waals surface area contributed by atoms with E-state index < -0.39 is 23.0 Å². The number of benzene rings is 2. The number of amides is 3. The van der Waals surface area contributed by atoms with E-state index in [1.807, 2.05) is 12.1 Å². The van der Waals surface area contributed by atoms with Gasteiger partial charge in [0.15, 0.2) is 0 Å². The van der Waals surface area contributed by atoms with E-state index in [2.05, 4.69) is 10.3 Å². The Hall–Kier alpha value is -4.27. The topological polar surface area (TPSA) is 101 Å². The smallest absolute Gasteiger partial charge is 0.254 e. The third kappa shape index (κ3) is 3.26. The lowest BCUT2D eigenvalue weighted by atomic mass is 9.82. The summed E-state index contributed by atoms with van der Waals surface area (Å²) >= 11 is 0. The van der Waals surface area contributed by atoms with E-state index in [1.165, 1.54) is 18.1 Å². The summed E-state index contributed by atoms with van der Waals surface area (Å²) in [5, 5.41) is 2.94. The molecule has 6 rings (SSSR count). The number of hydrogen-bond acceptors (Lipinski definition) is 6. The van der Waals surface area contributed by atoms with Crippen molar-refractivity contribution < 1.29 is 27.9 Å². The molecule has 1 fully saturated rings. The molecular weight excluding hydrogens is 453 g/mol. The normalized spacial score (nSPS) is 21.1. The third-order valence-corrected chi connectivity index (χ3v) is 6.84. The summed E-state index contributed by atoms with van der Waals surface area (Å²) in [5.74, 6) is -0.974. The van der Waals surface area contributed by atoms with Gasteiger partial charge in [0.25, 0.3) is 5.91 Å². The van der Waals surface area contributed by atoms with Crippen molar-refractivity contribution in [2.24, 2.45) is 4.99 Å². The molecule has 0 bridgehead atoms. The zero-order valence-electron chi connectivity index (χ0n) is 18.8. The first kappa shape index (κ1) is 21.3. The lowest BCUT2D eigenvalue weighted by Gasteiger charge is -2.28. The molecule has 0 radical (unpaired) electrons. The van der Waals surface area contributed by atoms with Gasteiger partial charge >= 0.3 is 0 Å². The van der Waals surface area contributed by atoms with Crippen LogP contribution in [-0.4, -0.2) is 49.0 Å². The predicted octanol–water partition coefficient (Wildman–Crippen LogP) is 2.99. The van der Waals surface area contributed by atoms with Gasteiger partial charge in [-0.3, -0.25) is 24.7 Å². The summed E-state index contributed by atoms with van der Waals surface area (Å²) in [6.07, 6.45) is 3.26. The van der Waals surface area contributed by atoms with Crippen molar-refractivity contribution in [1.29, 1.82) is 0 Å². The lowest BCUT2D eigenvalue weighted by molar-refractivity contribution is -0.127. The van der Waals surface area contributed by atoms with Crippen LogP contribution in [0.15, 0.2) is 51.9 Å². The minimum absolute atomic E-state index is 0.0621. The maximum atomic E-state index is 14.8. The first-order valence-electron chi connectivity index (χ1n) is 11.1. The van der Waals surface area contributed by atoms with Gasteiger partial charge in [-0.25, -0.2) is 4.39 Å². The fourth-order valence-electron chi connectivity index (χ4n) is 5.02. The Balaban J connectivity index is 1.40. The number of fused-ring (bicyclic) bond motifs is 2. The molecule has 0 aliphatic carbocycles. The van der Waals surface area contributed by atoms with Crippen LogP contribution in [0.5, 0.6) is 5.75 Å². The molecule has 1 saturated heterocycles. The second-order valence-corrected chi connectivity index (χ2v) is 8.95. The van der Waals surface area contributed by atoms with Crippen molar-refractivity contribution in [2.45, 2.75) is 18.4 Å². The first-order chi connectivity index (χ1) is 16.9. The van der Waals surface area contributed by atoms with Crippen LogP contribution in [0, 0.1) is 5.82 Å². The standard InChI is InChI=1S/C26H20FN3O5/c1-34-17-3-2-15-12-30(24(32)19(15)8-17)13-26(10-23(31)29-25(26)33)22-7-16-6-18(14-4-5-28-11-14)20(27)9-21(16)35-22/h2-4,6-9,11H,5,10,12-13H2,1H3,(H,29,31,33)/t26-/m1/s1. The van der Waals surface area contributed by atoms with Crippen LogP contribution in [0.1, 0.15) is 33.7 Å². The average molecular weight is 473 g/mol. The molecule has 3 aromatic rings. The number of aliphatic imine (C=N–C) groups is 1. The molecular formula is C26H20FN3O5. The summed E-state index contributed by atoms with van der Waals surface area (Å²) in [4.78, 5) is 44.3. The molecule has 0 spiro atoms. The number of imide groups is 1. The van der Waals surface area contributed by atoms with Gasteiger partial charge in [-0.2, -0.15) is 0 Å². The van der Waals surface area contributed by atoms with Gasteiger partial charge in [0.1, 0.15) is 28.3 Å². The zero-order valence-corrected chi connectivity index (χ0v) is 18.8. The minimum Gasteiger partial charge on any atom is -0.497 e. The quantitative estimate of drug-likeness (QED) is 0.574. The maximum absolute atomic E-state index is 14.8. The highest BCUT2D eigenvalue weighted by Gasteiger charge is 2.53. The van der Waals surface area contributed by atoms with Gasteiger partial charge in [-0.1, -0.05) is 12.1 Å². The molecule has 1 N–H and O–H groups in total. The van der Waals surface area contributed by atoms with E-state index in [0.29, 0.717) is 34.4 Å². The molecule has 3 amide bonds. The molecule has 3 aliphatic heterocycles. The van der Waals surface area contributed by atoms with Crippen molar-refractivity contribution in [3.05, 3.63) is 70.7 Å². The SMILES string of the molecule is COc1ccc2c(c1)C(=O)N(C[C@@]1(c3cc4cc(C5=CCN=C5)c(F)cc4o3)CC(=O)NC1=O)C2. The highest BCUT2D eigenvalue weighted by molar-refractivity contribution is 6.13.